The Bertz CT molecular complexity index is 1210. The fourth-order valence-corrected chi connectivity index (χ4v) is 5.20. The van der Waals surface area contributed by atoms with E-state index < -0.39 is 27.9 Å². The summed E-state index contributed by atoms with van der Waals surface area (Å²) in [6.45, 7) is 3.31. The lowest BCUT2D eigenvalue weighted by atomic mass is 10.0. The van der Waals surface area contributed by atoms with Crippen LogP contribution in [0.25, 0.3) is 11.3 Å². The van der Waals surface area contributed by atoms with E-state index in [4.69, 9.17) is 4.74 Å². The van der Waals surface area contributed by atoms with Crippen LogP contribution >= 0.6 is 0 Å². The van der Waals surface area contributed by atoms with E-state index in [1.54, 1.807) is 37.7 Å². The number of nitrogens with zero attached hydrogens (tertiary/aromatic N) is 4. The summed E-state index contributed by atoms with van der Waals surface area (Å²) in [5.74, 6) is -1.20. The Morgan fingerprint density at radius 3 is 2.38 bits per heavy atom. The SMILES string of the molecule is COc1ccc(S(=O)(=O)N(CCn2cc(-c3ccc(F)cc3)nn2)[C@@H](C(=O)NO)C(C)C)cc1. The van der Waals surface area contributed by atoms with E-state index >= 15 is 0 Å². The molecule has 12 heteroatoms. The second-order valence-corrected chi connectivity index (χ2v) is 9.72. The second kappa shape index (κ2) is 10.7. The van der Waals surface area contributed by atoms with Crippen molar-refractivity contribution >= 4 is 15.9 Å². The zero-order chi connectivity index (χ0) is 24.9. The number of halogens is 1. The molecule has 0 fully saturated rings. The van der Waals surface area contributed by atoms with Gasteiger partial charge in [-0.05, 0) is 54.4 Å². The molecule has 0 aliphatic heterocycles. The third-order valence-electron chi connectivity index (χ3n) is 5.21. The Labute approximate surface area is 197 Å². The van der Waals surface area contributed by atoms with Crippen molar-refractivity contribution in [3.8, 4) is 17.0 Å². The number of rotatable bonds is 10. The number of methoxy groups -OCH3 is 1. The summed E-state index contributed by atoms with van der Waals surface area (Å²) in [6.07, 6.45) is 1.60. The van der Waals surface area contributed by atoms with Crippen LogP contribution < -0.4 is 10.2 Å². The highest BCUT2D eigenvalue weighted by atomic mass is 32.2. The molecule has 0 bridgehead atoms. The van der Waals surface area contributed by atoms with Gasteiger partial charge in [-0.2, -0.15) is 4.31 Å². The van der Waals surface area contributed by atoms with Crippen LogP contribution in [-0.4, -0.2) is 58.5 Å². The predicted octanol–water partition coefficient (Wildman–Crippen LogP) is 2.31. The summed E-state index contributed by atoms with van der Waals surface area (Å²) in [5, 5.41) is 17.3. The number of amides is 1. The smallest absolute Gasteiger partial charge is 0.262 e. The third kappa shape index (κ3) is 5.58. The standard InChI is InChI=1S/C22H26FN5O5S/c1-15(2)21(22(29)25-30)28(34(31,32)19-10-8-18(33-3)9-11-19)13-12-27-14-20(24-26-27)16-4-6-17(23)7-5-16/h4-11,14-15,21,30H,12-13H2,1-3H3,(H,25,29)/t21-/m1/s1. The molecular formula is C22H26FN5O5S. The number of nitrogens with one attached hydrogen (secondary N) is 1. The lowest BCUT2D eigenvalue weighted by Crippen LogP contribution is -2.52. The zero-order valence-corrected chi connectivity index (χ0v) is 19.7. The number of carbonyl (C=O) groups is 1. The van der Waals surface area contributed by atoms with Crippen LogP contribution in [0.2, 0.25) is 0 Å². The highest BCUT2D eigenvalue weighted by Crippen LogP contribution is 2.24. The molecule has 34 heavy (non-hydrogen) atoms. The first-order valence-corrected chi connectivity index (χ1v) is 11.9. The van der Waals surface area contributed by atoms with Crippen LogP contribution in [0.1, 0.15) is 13.8 Å². The average molecular weight is 492 g/mol. The van der Waals surface area contributed by atoms with Gasteiger partial charge in [-0.25, -0.2) is 18.3 Å². The van der Waals surface area contributed by atoms with Crippen molar-refractivity contribution in [1.82, 2.24) is 24.8 Å². The maximum Gasteiger partial charge on any atom is 0.262 e. The molecule has 0 saturated carbocycles. The highest BCUT2D eigenvalue weighted by Gasteiger charge is 2.37. The van der Waals surface area contributed by atoms with Gasteiger partial charge < -0.3 is 4.74 Å². The third-order valence-corrected chi connectivity index (χ3v) is 7.11. The summed E-state index contributed by atoms with van der Waals surface area (Å²) in [7, 11) is -2.68. The van der Waals surface area contributed by atoms with Crippen molar-refractivity contribution in [2.45, 2.75) is 31.3 Å². The maximum atomic E-state index is 13.5. The molecule has 1 amide bonds. The lowest BCUT2D eigenvalue weighted by Gasteiger charge is -2.31. The van der Waals surface area contributed by atoms with Gasteiger partial charge in [0.15, 0.2) is 0 Å². The molecule has 2 N–H and O–H groups in total. The number of hydrogen-bond acceptors (Lipinski definition) is 7. The number of benzene rings is 2. The van der Waals surface area contributed by atoms with Gasteiger partial charge in [0.25, 0.3) is 5.91 Å². The maximum absolute atomic E-state index is 13.5. The van der Waals surface area contributed by atoms with Gasteiger partial charge in [-0.1, -0.05) is 19.1 Å². The molecule has 3 aromatic rings. The van der Waals surface area contributed by atoms with Gasteiger partial charge in [0.1, 0.15) is 23.3 Å². The van der Waals surface area contributed by atoms with Crippen LogP contribution in [0.3, 0.4) is 0 Å². The van der Waals surface area contributed by atoms with Gasteiger partial charge in [0, 0.05) is 12.1 Å². The number of hydroxylamine groups is 1. The normalized spacial score (nSPS) is 12.7. The summed E-state index contributed by atoms with van der Waals surface area (Å²) in [4.78, 5) is 12.4. The first-order valence-electron chi connectivity index (χ1n) is 10.4. The summed E-state index contributed by atoms with van der Waals surface area (Å²) >= 11 is 0. The fourth-order valence-electron chi connectivity index (χ4n) is 3.49. The molecule has 0 aliphatic rings. The Morgan fingerprint density at radius 1 is 1.18 bits per heavy atom. The molecule has 0 saturated heterocycles. The van der Waals surface area contributed by atoms with Gasteiger partial charge in [0.2, 0.25) is 10.0 Å². The second-order valence-electron chi connectivity index (χ2n) is 7.83. The molecule has 1 heterocycles. The van der Waals surface area contributed by atoms with Crippen molar-refractivity contribution in [3.05, 3.63) is 60.5 Å². The van der Waals surface area contributed by atoms with Gasteiger partial charge in [-0.3, -0.25) is 14.7 Å². The Kier molecular flexibility index (Phi) is 7.97. The van der Waals surface area contributed by atoms with E-state index in [1.165, 1.54) is 48.2 Å². The minimum Gasteiger partial charge on any atom is -0.497 e. The molecular weight excluding hydrogens is 465 g/mol. The van der Waals surface area contributed by atoms with Gasteiger partial charge >= 0.3 is 0 Å². The highest BCUT2D eigenvalue weighted by molar-refractivity contribution is 7.89. The predicted molar refractivity (Wildman–Crippen MR) is 121 cm³/mol. The molecule has 2 aromatic carbocycles. The minimum atomic E-state index is -4.14. The quantitative estimate of drug-likeness (QED) is 0.329. The minimum absolute atomic E-state index is 0.0321. The van der Waals surface area contributed by atoms with Crippen molar-refractivity contribution in [2.75, 3.05) is 13.7 Å². The molecule has 3 rings (SSSR count). The molecule has 0 aliphatic carbocycles. The van der Waals surface area contributed by atoms with E-state index in [0.717, 1.165) is 4.31 Å². The Hall–Kier alpha value is -3.35. The Balaban J connectivity index is 1.91. The number of hydrogen-bond donors (Lipinski definition) is 2. The summed E-state index contributed by atoms with van der Waals surface area (Å²) in [5.41, 5.74) is 2.70. The molecule has 0 unspecified atom stereocenters. The van der Waals surface area contributed by atoms with Gasteiger partial charge in [-0.15, -0.1) is 5.10 Å². The van der Waals surface area contributed by atoms with Crippen LogP contribution in [0.15, 0.2) is 59.6 Å². The van der Waals surface area contributed by atoms with Crippen LogP contribution in [0, 0.1) is 11.7 Å². The number of carbonyl (C=O) groups excluding carboxylic acids is 1. The largest absolute Gasteiger partial charge is 0.497 e. The van der Waals surface area contributed by atoms with Crippen molar-refractivity contribution in [2.24, 2.45) is 5.92 Å². The number of aromatic nitrogens is 3. The van der Waals surface area contributed by atoms with Crippen LogP contribution in [0.4, 0.5) is 4.39 Å². The van der Waals surface area contributed by atoms with E-state index in [0.29, 0.717) is 17.0 Å². The molecule has 1 aromatic heterocycles. The fraction of sp³-hybridized carbons (Fsp3) is 0.318. The van der Waals surface area contributed by atoms with Gasteiger partial charge in [0.05, 0.1) is 24.7 Å². The molecule has 182 valence electrons. The van der Waals surface area contributed by atoms with Crippen molar-refractivity contribution in [1.29, 1.82) is 0 Å². The molecule has 0 radical (unpaired) electrons. The Morgan fingerprint density at radius 2 is 1.82 bits per heavy atom. The number of ether oxygens (including phenoxy) is 1. The van der Waals surface area contributed by atoms with E-state index in [9.17, 15) is 22.8 Å². The molecule has 0 spiro atoms. The van der Waals surface area contributed by atoms with E-state index in [1.807, 2.05) is 0 Å². The van der Waals surface area contributed by atoms with E-state index in [-0.39, 0.29) is 23.8 Å². The first kappa shape index (κ1) is 25.3. The lowest BCUT2D eigenvalue weighted by molar-refractivity contribution is -0.134. The van der Waals surface area contributed by atoms with Crippen LogP contribution in [0.5, 0.6) is 5.75 Å². The van der Waals surface area contributed by atoms with Crippen LogP contribution in [-0.2, 0) is 21.4 Å². The van der Waals surface area contributed by atoms with Crippen molar-refractivity contribution in [3.63, 3.8) is 0 Å². The monoisotopic (exact) mass is 491 g/mol. The average Bonchev–Trinajstić information content (AvgIpc) is 3.30. The first-order chi connectivity index (χ1) is 16.2. The summed E-state index contributed by atoms with van der Waals surface area (Å²) in [6, 6.07) is 10.3. The zero-order valence-electron chi connectivity index (χ0n) is 18.9. The molecule has 1 atom stereocenters. The summed E-state index contributed by atoms with van der Waals surface area (Å²) < 4.78 is 47.8. The number of sulfonamides is 1. The van der Waals surface area contributed by atoms with E-state index in [2.05, 4.69) is 10.3 Å². The molecule has 10 nitrogen and oxygen atoms in total. The van der Waals surface area contributed by atoms with Crippen molar-refractivity contribution < 1.29 is 27.5 Å². The topological polar surface area (TPSA) is 127 Å².